The molecule has 0 spiro atoms. The van der Waals surface area contributed by atoms with Crippen LogP contribution in [0.2, 0.25) is 0 Å². The van der Waals surface area contributed by atoms with Crippen LogP contribution in [0.3, 0.4) is 0 Å². The molecule has 2 heterocycles. The minimum Gasteiger partial charge on any atom is -0.378 e. The lowest BCUT2D eigenvalue weighted by atomic mass is 10.0. The summed E-state index contributed by atoms with van der Waals surface area (Å²) in [5.74, 6) is 7.73. The lowest BCUT2D eigenvalue weighted by Gasteiger charge is -2.22. The van der Waals surface area contributed by atoms with Gasteiger partial charge in [-0.3, -0.25) is 0 Å². The molecular formula is C15H24N4O. The quantitative estimate of drug-likeness (QED) is 0.653. The van der Waals surface area contributed by atoms with E-state index in [2.05, 4.69) is 10.4 Å². The van der Waals surface area contributed by atoms with Gasteiger partial charge in [-0.15, -0.1) is 0 Å². The van der Waals surface area contributed by atoms with E-state index < -0.39 is 0 Å². The second kappa shape index (κ2) is 6.50. The first kappa shape index (κ1) is 13.8. The van der Waals surface area contributed by atoms with Crippen LogP contribution in [0.4, 0.5) is 5.82 Å². The highest BCUT2D eigenvalue weighted by atomic mass is 16.5. The SMILES string of the molecule is NNc1cc(C2CCCC2)nc(CC2CCCCO2)n1. The molecule has 2 aliphatic rings. The molecule has 5 heteroatoms. The van der Waals surface area contributed by atoms with Crippen molar-refractivity contribution in [3.8, 4) is 0 Å². The van der Waals surface area contributed by atoms with Crippen LogP contribution in [0, 0.1) is 0 Å². The number of nitrogen functional groups attached to an aromatic ring is 1. The van der Waals surface area contributed by atoms with Crippen LogP contribution in [0.1, 0.15) is 62.4 Å². The van der Waals surface area contributed by atoms with E-state index in [0.29, 0.717) is 5.92 Å². The van der Waals surface area contributed by atoms with Crippen LogP contribution in [-0.2, 0) is 11.2 Å². The zero-order chi connectivity index (χ0) is 13.8. The van der Waals surface area contributed by atoms with E-state index in [1.54, 1.807) is 0 Å². The third kappa shape index (κ3) is 3.27. The summed E-state index contributed by atoms with van der Waals surface area (Å²) >= 11 is 0. The Labute approximate surface area is 120 Å². The summed E-state index contributed by atoms with van der Waals surface area (Å²) in [7, 11) is 0. The van der Waals surface area contributed by atoms with E-state index in [1.165, 1.54) is 38.5 Å². The minimum absolute atomic E-state index is 0.271. The maximum Gasteiger partial charge on any atom is 0.143 e. The van der Waals surface area contributed by atoms with Gasteiger partial charge in [0.25, 0.3) is 0 Å². The number of hydrogen-bond donors (Lipinski definition) is 2. The molecule has 0 amide bonds. The normalized spacial score (nSPS) is 23.9. The van der Waals surface area contributed by atoms with Crippen molar-refractivity contribution in [3.63, 3.8) is 0 Å². The smallest absolute Gasteiger partial charge is 0.143 e. The topological polar surface area (TPSA) is 73.1 Å². The first-order valence-electron chi connectivity index (χ1n) is 7.81. The Bertz CT molecular complexity index is 439. The molecular weight excluding hydrogens is 252 g/mol. The molecule has 0 radical (unpaired) electrons. The van der Waals surface area contributed by atoms with E-state index in [0.717, 1.165) is 36.8 Å². The molecule has 0 aromatic carbocycles. The lowest BCUT2D eigenvalue weighted by molar-refractivity contribution is 0.0156. The Kier molecular flexibility index (Phi) is 4.47. The van der Waals surface area contributed by atoms with Crippen LogP contribution >= 0.6 is 0 Å². The van der Waals surface area contributed by atoms with Crippen molar-refractivity contribution in [1.82, 2.24) is 9.97 Å². The van der Waals surface area contributed by atoms with Gasteiger partial charge in [-0.1, -0.05) is 12.8 Å². The maximum absolute atomic E-state index is 5.79. The van der Waals surface area contributed by atoms with Gasteiger partial charge in [-0.2, -0.15) is 0 Å². The van der Waals surface area contributed by atoms with Crippen LogP contribution in [-0.4, -0.2) is 22.7 Å². The molecule has 1 aromatic rings. The molecule has 1 unspecified atom stereocenters. The fraction of sp³-hybridized carbons (Fsp3) is 0.733. The van der Waals surface area contributed by atoms with Gasteiger partial charge in [0.05, 0.1) is 6.10 Å². The summed E-state index contributed by atoms with van der Waals surface area (Å²) in [6.45, 7) is 0.870. The molecule has 1 saturated heterocycles. The number of nitrogens with two attached hydrogens (primary N) is 1. The number of nitrogens with zero attached hydrogens (tertiary/aromatic N) is 2. The number of aromatic nitrogens is 2. The molecule has 0 bridgehead atoms. The van der Waals surface area contributed by atoms with Crippen LogP contribution in [0.15, 0.2) is 6.07 Å². The number of rotatable bonds is 4. The van der Waals surface area contributed by atoms with Crippen LogP contribution in [0.5, 0.6) is 0 Å². The van der Waals surface area contributed by atoms with E-state index in [4.69, 9.17) is 15.6 Å². The zero-order valence-corrected chi connectivity index (χ0v) is 12.0. The number of nitrogens with one attached hydrogen (secondary N) is 1. The summed E-state index contributed by atoms with van der Waals surface area (Å²) in [5, 5.41) is 0. The van der Waals surface area contributed by atoms with Crippen molar-refractivity contribution in [2.45, 2.75) is 63.4 Å². The lowest BCUT2D eigenvalue weighted by Crippen LogP contribution is -2.23. The maximum atomic E-state index is 5.79. The van der Waals surface area contributed by atoms with Crippen molar-refractivity contribution >= 4 is 5.82 Å². The van der Waals surface area contributed by atoms with Gasteiger partial charge in [0, 0.05) is 30.7 Å². The van der Waals surface area contributed by atoms with E-state index in [1.807, 2.05) is 6.07 Å². The second-order valence-corrected chi connectivity index (χ2v) is 5.91. The molecule has 3 N–H and O–H groups in total. The highest BCUT2D eigenvalue weighted by Crippen LogP contribution is 2.33. The van der Waals surface area contributed by atoms with Gasteiger partial charge in [-0.25, -0.2) is 15.8 Å². The van der Waals surface area contributed by atoms with Crippen molar-refractivity contribution < 1.29 is 4.74 Å². The Morgan fingerprint density at radius 3 is 2.65 bits per heavy atom. The fourth-order valence-electron chi connectivity index (χ4n) is 3.29. The first-order chi connectivity index (χ1) is 9.85. The Hall–Kier alpha value is -1.20. The molecule has 1 aromatic heterocycles. The highest BCUT2D eigenvalue weighted by Gasteiger charge is 2.21. The van der Waals surface area contributed by atoms with E-state index in [-0.39, 0.29) is 6.10 Å². The molecule has 110 valence electrons. The zero-order valence-electron chi connectivity index (χ0n) is 12.0. The molecule has 2 fully saturated rings. The van der Waals surface area contributed by atoms with Gasteiger partial charge in [0.15, 0.2) is 0 Å². The third-order valence-electron chi connectivity index (χ3n) is 4.40. The summed E-state index contributed by atoms with van der Waals surface area (Å²) in [6, 6.07) is 2.00. The van der Waals surface area contributed by atoms with Crippen LogP contribution in [0.25, 0.3) is 0 Å². The first-order valence-corrected chi connectivity index (χ1v) is 7.81. The van der Waals surface area contributed by atoms with Crippen molar-refractivity contribution in [2.24, 2.45) is 5.84 Å². The predicted molar refractivity (Wildman–Crippen MR) is 78.3 cm³/mol. The molecule has 5 nitrogen and oxygen atoms in total. The average molecular weight is 276 g/mol. The standard InChI is InChI=1S/C15H24N4O/c16-19-15-10-13(11-5-1-2-6-11)17-14(18-15)9-12-7-3-4-8-20-12/h10-12H,1-9,16H2,(H,17,18,19). The molecule has 1 aliphatic heterocycles. The average Bonchev–Trinajstić information content (AvgIpc) is 3.02. The molecule has 20 heavy (non-hydrogen) atoms. The minimum atomic E-state index is 0.271. The number of ether oxygens (including phenoxy) is 1. The summed E-state index contributed by atoms with van der Waals surface area (Å²) in [5.41, 5.74) is 3.83. The molecule has 1 aliphatic carbocycles. The van der Waals surface area contributed by atoms with E-state index in [9.17, 15) is 0 Å². The monoisotopic (exact) mass is 276 g/mol. The van der Waals surface area contributed by atoms with Crippen LogP contribution < -0.4 is 11.3 Å². The summed E-state index contributed by atoms with van der Waals surface area (Å²) in [4.78, 5) is 9.26. The number of hydrogen-bond acceptors (Lipinski definition) is 5. The third-order valence-corrected chi connectivity index (χ3v) is 4.40. The summed E-state index contributed by atoms with van der Waals surface area (Å²) in [6.07, 6.45) is 9.69. The van der Waals surface area contributed by atoms with Gasteiger partial charge in [-0.05, 0) is 32.1 Å². The molecule has 3 rings (SSSR count). The largest absolute Gasteiger partial charge is 0.378 e. The molecule has 1 saturated carbocycles. The molecule has 1 atom stereocenters. The van der Waals surface area contributed by atoms with E-state index >= 15 is 0 Å². The highest BCUT2D eigenvalue weighted by molar-refractivity contribution is 5.36. The van der Waals surface area contributed by atoms with Gasteiger partial charge in [0.1, 0.15) is 11.6 Å². The number of anilines is 1. The van der Waals surface area contributed by atoms with Crippen molar-refractivity contribution in [1.29, 1.82) is 0 Å². The van der Waals surface area contributed by atoms with Gasteiger partial charge < -0.3 is 10.2 Å². The van der Waals surface area contributed by atoms with Crippen molar-refractivity contribution in [2.75, 3.05) is 12.0 Å². The fourth-order valence-corrected chi connectivity index (χ4v) is 3.29. The van der Waals surface area contributed by atoms with Gasteiger partial charge in [0.2, 0.25) is 0 Å². The van der Waals surface area contributed by atoms with Gasteiger partial charge >= 0.3 is 0 Å². The number of hydrazine groups is 1. The predicted octanol–water partition coefficient (Wildman–Crippen LogP) is 2.53. The summed E-state index contributed by atoms with van der Waals surface area (Å²) < 4.78 is 5.79. The Morgan fingerprint density at radius 2 is 1.95 bits per heavy atom. The van der Waals surface area contributed by atoms with Crippen molar-refractivity contribution in [3.05, 3.63) is 17.6 Å². The Balaban J connectivity index is 1.76. The second-order valence-electron chi connectivity index (χ2n) is 5.91. The Morgan fingerprint density at radius 1 is 1.15 bits per heavy atom.